The summed E-state index contributed by atoms with van der Waals surface area (Å²) in [5, 5.41) is 9.83. The van der Waals surface area contributed by atoms with Crippen LogP contribution >= 0.6 is 0 Å². The Hall–Kier alpha value is -0.980. The quantitative estimate of drug-likeness (QED) is 0.737. The van der Waals surface area contributed by atoms with E-state index in [0.717, 1.165) is 24.0 Å². The summed E-state index contributed by atoms with van der Waals surface area (Å²) < 4.78 is 0. The highest BCUT2D eigenvalue weighted by molar-refractivity contribution is 5.48. The topological polar surface area (TPSA) is 20.2 Å². The van der Waals surface area contributed by atoms with E-state index in [9.17, 15) is 5.11 Å². The third-order valence-electron chi connectivity index (χ3n) is 2.78. The number of aryl methyl sites for hydroxylation is 2. The normalized spacial score (nSPS) is 10.5. The van der Waals surface area contributed by atoms with Gasteiger partial charge in [-0.2, -0.15) is 0 Å². The summed E-state index contributed by atoms with van der Waals surface area (Å²) in [4.78, 5) is 0. The Morgan fingerprint density at radius 3 is 1.69 bits per heavy atom. The maximum atomic E-state index is 9.83. The molecule has 0 aromatic heterocycles. The average Bonchev–Trinajstić information content (AvgIpc) is 2.15. The third-order valence-corrected chi connectivity index (χ3v) is 2.78. The second-order valence-electron chi connectivity index (χ2n) is 3.50. The lowest BCUT2D eigenvalue weighted by Gasteiger charge is -2.12. The lowest BCUT2D eigenvalue weighted by atomic mass is 9.96. The maximum Gasteiger partial charge on any atom is 0.121 e. The summed E-state index contributed by atoms with van der Waals surface area (Å²) in [6.07, 6.45) is 1.99. The first-order valence-corrected chi connectivity index (χ1v) is 4.92. The summed E-state index contributed by atoms with van der Waals surface area (Å²) in [6.45, 7) is 8.22. The summed E-state index contributed by atoms with van der Waals surface area (Å²) in [6, 6.07) is 2.21. The van der Waals surface area contributed by atoms with Gasteiger partial charge in [0.25, 0.3) is 0 Å². The van der Waals surface area contributed by atoms with Crippen molar-refractivity contribution in [1.29, 1.82) is 0 Å². The monoisotopic (exact) mass is 178 g/mol. The van der Waals surface area contributed by atoms with Crippen LogP contribution in [0, 0.1) is 13.8 Å². The van der Waals surface area contributed by atoms with Crippen molar-refractivity contribution in [3.8, 4) is 5.75 Å². The molecule has 0 aliphatic rings. The number of hydrogen-bond acceptors (Lipinski definition) is 1. The molecular formula is C12H18O. The summed E-state index contributed by atoms with van der Waals surface area (Å²) in [5.74, 6) is 0.483. The molecule has 1 heteroatoms. The van der Waals surface area contributed by atoms with Crippen LogP contribution in [-0.4, -0.2) is 5.11 Å². The molecule has 0 fully saturated rings. The minimum atomic E-state index is 0.483. The maximum absolute atomic E-state index is 9.83. The zero-order valence-electron chi connectivity index (χ0n) is 8.94. The van der Waals surface area contributed by atoms with Crippen molar-refractivity contribution in [3.05, 3.63) is 28.3 Å². The highest BCUT2D eigenvalue weighted by Crippen LogP contribution is 2.28. The van der Waals surface area contributed by atoms with E-state index in [2.05, 4.69) is 19.9 Å². The van der Waals surface area contributed by atoms with Gasteiger partial charge in [0.2, 0.25) is 0 Å². The van der Waals surface area contributed by atoms with E-state index in [1.807, 2.05) is 13.8 Å². The van der Waals surface area contributed by atoms with E-state index in [4.69, 9.17) is 0 Å². The van der Waals surface area contributed by atoms with Crippen LogP contribution in [0.5, 0.6) is 5.75 Å². The zero-order chi connectivity index (χ0) is 10.0. The molecule has 1 aromatic rings. The van der Waals surface area contributed by atoms with Crippen LogP contribution in [0.3, 0.4) is 0 Å². The van der Waals surface area contributed by atoms with Crippen LogP contribution in [0.25, 0.3) is 0 Å². The second kappa shape index (κ2) is 3.82. The molecule has 1 nitrogen and oxygen atoms in total. The SMILES string of the molecule is CCc1cc(CC)c(C)c(O)c1C. The molecule has 0 bridgehead atoms. The molecule has 1 rings (SSSR count). The molecule has 0 amide bonds. The smallest absolute Gasteiger partial charge is 0.121 e. The van der Waals surface area contributed by atoms with Crippen LogP contribution in [0.1, 0.15) is 36.1 Å². The molecule has 13 heavy (non-hydrogen) atoms. The number of phenols is 1. The molecule has 1 N–H and O–H groups in total. The first-order valence-electron chi connectivity index (χ1n) is 4.92. The molecule has 0 unspecified atom stereocenters. The summed E-state index contributed by atoms with van der Waals surface area (Å²) in [7, 11) is 0. The van der Waals surface area contributed by atoms with E-state index in [1.54, 1.807) is 0 Å². The molecule has 0 spiro atoms. The van der Waals surface area contributed by atoms with E-state index >= 15 is 0 Å². The van der Waals surface area contributed by atoms with Crippen molar-refractivity contribution >= 4 is 0 Å². The van der Waals surface area contributed by atoms with Gasteiger partial charge in [-0.25, -0.2) is 0 Å². The lowest BCUT2D eigenvalue weighted by molar-refractivity contribution is 0.465. The standard InChI is InChI=1S/C12H18O/c1-5-10-7-11(6-2)9(4)12(13)8(10)3/h7,13H,5-6H2,1-4H3. The Labute approximate surface area is 80.4 Å². The van der Waals surface area contributed by atoms with Crippen LogP contribution < -0.4 is 0 Å². The van der Waals surface area contributed by atoms with Gasteiger partial charge in [0.15, 0.2) is 0 Å². The van der Waals surface area contributed by atoms with Gasteiger partial charge in [-0.15, -0.1) is 0 Å². The molecule has 0 saturated heterocycles. The third kappa shape index (κ3) is 1.69. The fourth-order valence-corrected chi connectivity index (χ4v) is 1.75. The number of rotatable bonds is 2. The molecule has 0 aliphatic carbocycles. The highest BCUT2D eigenvalue weighted by atomic mass is 16.3. The Morgan fingerprint density at radius 2 is 1.38 bits per heavy atom. The van der Waals surface area contributed by atoms with E-state index in [-0.39, 0.29) is 0 Å². The summed E-state index contributed by atoms with van der Waals surface area (Å²) in [5.41, 5.74) is 4.61. The minimum Gasteiger partial charge on any atom is -0.507 e. The Balaban J connectivity index is 3.36. The molecule has 0 atom stereocenters. The molecule has 1 aromatic carbocycles. The molecule has 0 saturated carbocycles. The van der Waals surface area contributed by atoms with Crippen molar-refractivity contribution in [1.82, 2.24) is 0 Å². The largest absolute Gasteiger partial charge is 0.507 e. The summed E-state index contributed by atoms with van der Waals surface area (Å²) >= 11 is 0. The van der Waals surface area contributed by atoms with Crippen molar-refractivity contribution < 1.29 is 5.11 Å². The fraction of sp³-hybridized carbons (Fsp3) is 0.500. The average molecular weight is 178 g/mol. The van der Waals surface area contributed by atoms with Gasteiger partial charge in [-0.1, -0.05) is 19.9 Å². The Kier molecular flexibility index (Phi) is 2.97. The van der Waals surface area contributed by atoms with Gasteiger partial charge in [0.05, 0.1) is 0 Å². The van der Waals surface area contributed by atoms with Crippen molar-refractivity contribution in [2.45, 2.75) is 40.5 Å². The molecule has 0 aliphatic heterocycles. The van der Waals surface area contributed by atoms with Gasteiger partial charge >= 0.3 is 0 Å². The Bertz CT molecular complexity index is 285. The van der Waals surface area contributed by atoms with Gasteiger partial charge < -0.3 is 5.11 Å². The van der Waals surface area contributed by atoms with Crippen molar-refractivity contribution in [2.75, 3.05) is 0 Å². The second-order valence-corrected chi connectivity index (χ2v) is 3.50. The zero-order valence-corrected chi connectivity index (χ0v) is 8.94. The highest BCUT2D eigenvalue weighted by Gasteiger charge is 2.08. The van der Waals surface area contributed by atoms with E-state index in [1.165, 1.54) is 11.1 Å². The predicted octanol–water partition coefficient (Wildman–Crippen LogP) is 3.13. The lowest BCUT2D eigenvalue weighted by Crippen LogP contribution is -1.95. The van der Waals surface area contributed by atoms with Crippen LogP contribution in [0.4, 0.5) is 0 Å². The van der Waals surface area contributed by atoms with E-state index < -0.39 is 0 Å². The molecule has 0 radical (unpaired) electrons. The Morgan fingerprint density at radius 1 is 1.00 bits per heavy atom. The van der Waals surface area contributed by atoms with Gasteiger partial charge in [0.1, 0.15) is 5.75 Å². The number of aromatic hydroxyl groups is 1. The van der Waals surface area contributed by atoms with Crippen LogP contribution in [0.15, 0.2) is 6.07 Å². The minimum absolute atomic E-state index is 0.483. The predicted molar refractivity (Wildman–Crippen MR) is 56.3 cm³/mol. The molecule has 72 valence electrons. The van der Waals surface area contributed by atoms with Gasteiger partial charge in [-0.3, -0.25) is 0 Å². The number of hydrogen-bond donors (Lipinski definition) is 1. The first kappa shape index (κ1) is 10.1. The van der Waals surface area contributed by atoms with Gasteiger partial charge in [0, 0.05) is 0 Å². The fourth-order valence-electron chi connectivity index (χ4n) is 1.75. The number of phenolic OH excluding ortho intramolecular Hbond substituents is 1. The molecular weight excluding hydrogens is 160 g/mol. The van der Waals surface area contributed by atoms with Crippen LogP contribution in [0.2, 0.25) is 0 Å². The molecule has 0 heterocycles. The van der Waals surface area contributed by atoms with Crippen molar-refractivity contribution in [2.24, 2.45) is 0 Å². The first-order chi connectivity index (χ1) is 6.11. The number of benzene rings is 1. The van der Waals surface area contributed by atoms with E-state index in [0.29, 0.717) is 5.75 Å². The van der Waals surface area contributed by atoms with Gasteiger partial charge in [-0.05, 0) is 48.9 Å². The van der Waals surface area contributed by atoms with Crippen molar-refractivity contribution in [3.63, 3.8) is 0 Å². The van der Waals surface area contributed by atoms with Crippen LogP contribution in [-0.2, 0) is 12.8 Å².